The van der Waals surface area contributed by atoms with Crippen molar-refractivity contribution in [2.75, 3.05) is 14.2 Å². The van der Waals surface area contributed by atoms with Crippen molar-refractivity contribution in [2.45, 2.75) is 39.3 Å². The van der Waals surface area contributed by atoms with Crippen LogP contribution in [0, 0.1) is 23.7 Å². The molecule has 0 bridgehead atoms. The highest BCUT2D eigenvalue weighted by molar-refractivity contribution is 5.83. The normalized spacial score (nSPS) is 41.9. The maximum absolute atomic E-state index is 12.1. The van der Waals surface area contributed by atoms with Gasteiger partial charge in [0, 0.05) is 26.6 Å². The minimum atomic E-state index is -0.431. The zero-order valence-corrected chi connectivity index (χ0v) is 11.0. The maximum atomic E-state index is 12.1. The van der Waals surface area contributed by atoms with Crippen LogP contribution in [0.3, 0.4) is 0 Å². The van der Waals surface area contributed by atoms with Crippen LogP contribution in [0.2, 0.25) is 0 Å². The SMILES string of the molecule is CO[C@@H]1O[C@@H](OC)[C@H]2[C@@H]1C(=O)CC[C@@H]2C(C)C. The molecule has 2 aliphatic rings. The van der Waals surface area contributed by atoms with E-state index in [-0.39, 0.29) is 23.9 Å². The van der Waals surface area contributed by atoms with Crippen molar-refractivity contribution in [3.05, 3.63) is 0 Å². The number of Topliss-reactive ketones (excluding diaryl/α,β-unsaturated/α-hetero) is 1. The Morgan fingerprint density at radius 3 is 2.41 bits per heavy atom. The van der Waals surface area contributed by atoms with Crippen molar-refractivity contribution in [2.24, 2.45) is 23.7 Å². The van der Waals surface area contributed by atoms with Crippen LogP contribution in [-0.4, -0.2) is 32.6 Å². The second kappa shape index (κ2) is 5.04. The largest absolute Gasteiger partial charge is 0.355 e. The predicted molar refractivity (Wildman–Crippen MR) is 62.2 cm³/mol. The molecule has 1 aliphatic carbocycles. The Hall–Kier alpha value is -0.450. The van der Waals surface area contributed by atoms with E-state index in [2.05, 4.69) is 13.8 Å². The summed E-state index contributed by atoms with van der Waals surface area (Å²) in [5, 5.41) is 0. The number of rotatable bonds is 3. The Kier molecular flexibility index (Phi) is 3.85. The molecule has 2 fully saturated rings. The van der Waals surface area contributed by atoms with Gasteiger partial charge in [0.25, 0.3) is 0 Å². The van der Waals surface area contributed by atoms with E-state index < -0.39 is 6.29 Å². The van der Waals surface area contributed by atoms with Gasteiger partial charge in [-0.3, -0.25) is 4.79 Å². The fourth-order valence-corrected chi connectivity index (χ4v) is 3.35. The molecule has 1 saturated carbocycles. The average Bonchev–Trinajstić information content (AvgIpc) is 2.68. The van der Waals surface area contributed by atoms with Gasteiger partial charge in [0.05, 0.1) is 5.92 Å². The van der Waals surface area contributed by atoms with Crippen molar-refractivity contribution in [1.82, 2.24) is 0 Å². The highest BCUT2D eigenvalue weighted by atomic mass is 16.8. The molecule has 17 heavy (non-hydrogen) atoms. The minimum Gasteiger partial charge on any atom is -0.355 e. The average molecular weight is 242 g/mol. The van der Waals surface area contributed by atoms with Gasteiger partial charge in [0.2, 0.25) is 0 Å². The number of methoxy groups -OCH3 is 2. The zero-order chi connectivity index (χ0) is 12.6. The van der Waals surface area contributed by atoms with Crippen molar-refractivity contribution in [3.63, 3.8) is 0 Å². The third-order valence-corrected chi connectivity index (χ3v) is 4.20. The highest BCUT2D eigenvalue weighted by Gasteiger charge is 2.54. The summed E-state index contributed by atoms with van der Waals surface area (Å²) in [6.45, 7) is 4.40. The molecule has 1 aliphatic heterocycles. The third kappa shape index (κ3) is 2.14. The molecule has 1 saturated heterocycles. The van der Waals surface area contributed by atoms with Crippen molar-refractivity contribution < 1.29 is 19.0 Å². The molecule has 0 N–H and O–H groups in total. The number of ketones is 1. The van der Waals surface area contributed by atoms with Gasteiger partial charge in [0.15, 0.2) is 12.6 Å². The summed E-state index contributed by atoms with van der Waals surface area (Å²) >= 11 is 0. The van der Waals surface area contributed by atoms with Gasteiger partial charge in [-0.1, -0.05) is 13.8 Å². The first-order valence-corrected chi connectivity index (χ1v) is 6.34. The second-order valence-electron chi connectivity index (χ2n) is 5.36. The molecular formula is C13H22O4. The molecular weight excluding hydrogens is 220 g/mol. The molecule has 0 aromatic carbocycles. The summed E-state index contributed by atoms with van der Waals surface area (Å²) in [6.07, 6.45) is 0.849. The predicted octanol–water partition coefficient (Wildman–Crippen LogP) is 1.83. The van der Waals surface area contributed by atoms with Gasteiger partial charge in [-0.15, -0.1) is 0 Å². The summed E-state index contributed by atoms with van der Waals surface area (Å²) in [4.78, 5) is 12.1. The molecule has 98 valence electrons. The lowest BCUT2D eigenvalue weighted by atomic mass is 9.68. The lowest BCUT2D eigenvalue weighted by molar-refractivity contribution is -0.199. The first-order chi connectivity index (χ1) is 8.10. The van der Waals surface area contributed by atoms with E-state index in [1.165, 1.54) is 0 Å². The standard InChI is InChI=1S/C13H22O4/c1-7(2)8-5-6-9(14)11-10(8)12(15-3)17-13(11)16-4/h7-8,10-13H,5-6H2,1-4H3/t8-,10-,11+,12-,13-/m1/s1. The molecule has 4 heteroatoms. The highest BCUT2D eigenvalue weighted by Crippen LogP contribution is 2.47. The summed E-state index contributed by atoms with van der Waals surface area (Å²) in [7, 11) is 3.22. The van der Waals surface area contributed by atoms with Gasteiger partial charge in [-0.2, -0.15) is 0 Å². The molecule has 0 radical (unpaired) electrons. The van der Waals surface area contributed by atoms with Crippen LogP contribution in [0.15, 0.2) is 0 Å². The van der Waals surface area contributed by atoms with Crippen LogP contribution in [-0.2, 0) is 19.0 Å². The van der Waals surface area contributed by atoms with E-state index >= 15 is 0 Å². The number of hydrogen-bond donors (Lipinski definition) is 0. The number of fused-ring (bicyclic) bond motifs is 1. The summed E-state index contributed by atoms with van der Waals surface area (Å²) < 4.78 is 16.4. The van der Waals surface area contributed by atoms with Gasteiger partial charge in [0.1, 0.15) is 5.78 Å². The molecule has 0 unspecified atom stereocenters. The van der Waals surface area contributed by atoms with Gasteiger partial charge < -0.3 is 14.2 Å². The fraction of sp³-hybridized carbons (Fsp3) is 0.923. The molecule has 1 heterocycles. The summed E-state index contributed by atoms with van der Waals surface area (Å²) in [5.74, 6) is 1.27. The van der Waals surface area contributed by atoms with Crippen molar-refractivity contribution >= 4 is 5.78 Å². The molecule has 0 aromatic heterocycles. The molecule has 2 rings (SSSR count). The molecule has 0 aromatic rings. The lowest BCUT2D eigenvalue weighted by Crippen LogP contribution is -2.41. The van der Waals surface area contributed by atoms with E-state index in [0.29, 0.717) is 18.3 Å². The van der Waals surface area contributed by atoms with Crippen molar-refractivity contribution in [1.29, 1.82) is 0 Å². The summed E-state index contributed by atoms with van der Waals surface area (Å²) in [6, 6.07) is 0. The van der Waals surface area contributed by atoms with Crippen LogP contribution < -0.4 is 0 Å². The maximum Gasteiger partial charge on any atom is 0.170 e. The van der Waals surface area contributed by atoms with Crippen LogP contribution in [0.1, 0.15) is 26.7 Å². The number of carbonyl (C=O) groups is 1. The number of carbonyl (C=O) groups excluding carboxylic acids is 1. The molecule has 4 nitrogen and oxygen atoms in total. The van der Waals surface area contributed by atoms with E-state index in [1.54, 1.807) is 14.2 Å². The first-order valence-electron chi connectivity index (χ1n) is 6.34. The quantitative estimate of drug-likeness (QED) is 0.757. The van der Waals surface area contributed by atoms with Gasteiger partial charge in [-0.25, -0.2) is 0 Å². The van der Waals surface area contributed by atoms with Crippen LogP contribution in [0.25, 0.3) is 0 Å². The van der Waals surface area contributed by atoms with E-state index in [1.807, 2.05) is 0 Å². The number of hydrogen-bond acceptors (Lipinski definition) is 4. The third-order valence-electron chi connectivity index (χ3n) is 4.20. The molecule has 0 amide bonds. The minimum absolute atomic E-state index is 0.145. The Balaban J connectivity index is 2.26. The van der Waals surface area contributed by atoms with Gasteiger partial charge in [-0.05, 0) is 18.3 Å². The van der Waals surface area contributed by atoms with Crippen molar-refractivity contribution in [3.8, 4) is 0 Å². The zero-order valence-electron chi connectivity index (χ0n) is 11.0. The molecule has 5 atom stereocenters. The topological polar surface area (TPSA) is 44.8 Å². The van der Waals surface area contributed by atoms with Crippen LogP contribution in [0.5, 0.6) is 0 Å². The fourth-order valence-electron chi connectivity index (χ4n) is 3.35. The Morgan fingerprint density at radius 2 is 1.88 bits per heavy atom. The van der Waals surface area contributed by atoms with E-state index in [0.717, 1.165) is 6.42 Å². The lowest BCUT2D eigenvalue weighted by Gasteiger charge is -2.36. The summed E-state index contributed by atoms with van der Waals surface area (Å²) in [5.41, 5.74) is 0. The van der Waals surface area contributed by atoms with Crippen LogP contribution >= 0.6 is 0 Å². The Labute approximate surface area is 103 Å². The first kappa shape index (κ1) is 13.0. The smallest absolute Gasteiger partial charge is 0.170 e. The second-order valence-corrected chi connectivity index (χ2v) is 5.36. The van der Waals surface area contributed by atoms with Crippen LogP contribution in [0.4, 0.5) is 0 Å². The van der Waals surface area contributed by atoms with E-state index in [4.69, 9.17) is 14.2 Å². The Bertz CT molecular complexity index is 289. The number of ether oxygens (including phenoxy) is 3. The monoisotopic (exact) mass is 242 g/mol. The van der Waals surface area contributed by atoms with E-state index in [9.17, 15) is 4.79 Å². The molecule has 0 spiro atoms. The Morgan fingerprint density at radius 1 is 1.24 bits per heavy atom. The van der Waals surface area contributed by atoms with Gasteiger partial charge >= 0.3 is 0 Å².